The number of imide groups is 1. The minimum atomic E-state index is -4.57. The van der Waals surface area contributed by atoms with E-state index in [4.69, 9.17) is 0 Å². The molecule has 0 saturated carbocycles. The molecule has 7 heteroatoms. The normalized spacial score (nSPS) is 16.6. The average molecular weight is 315 g/mol. The summed E-state index contributed by atoms with van der Waals surface area (Å²) in [7, 11) is 0. The van der Waals surface area contributed by atoms with E-state index in [1.54, 1.807) is 26.0 Å². The predicted octanol–water partition coefficient (Wildman–Crippen LogP) is 3.32. The molecule has 2 amide bonds. The second kappa shape index (κ2) is 5.98. The second-order valence-electron chi connectivity index (χ2n) is 5.32. The van der Waals surface area contributed by atoms with Crippen molar-refractivity contribution in [3.05, 3.63) is 34.9 Å². The lowest BCUT2D eigenvalue weighted by molar-refractivity contribution is -0.159. The van der Waals surface area contributed by atoms with E-state index in [0.717, 1.165) is 10.5 Å². The first-order chi connectivity index (χ1) is 10.2. The molecule has 1 aliphatic rings. The Morgan fingerprint density at radius 1 is 1.36 bits per heavy atom. The monoisotopic (exact) mass is 315 g/mol. The quantitative estimate of drug-likeness (QED) is 0.859. The van der Waals surface area contributed by atoms with E-state index >= 15 is 0 Å². The van der Waals surface area contributed by atoms with Gasteiger partial charge < -0.3 is 4.74 Å². The van der Waals surface area contributed by atoms with E-state index in [9.17, 15) is 22.8 Å². The standard InChI is InChI=1S/C15H16F3NO3/c1-9-3-4-11(10(2)7-9)12(15(16,17)18)8-13(20)19-5-6-22-14(19)21/h3-4,7,12H,5-6,8H2,1-2H3/t12-/m0/s1. The lowest BCUT2D eigenvalue weighted by Crippen LogP contribution is -2.35. The summed E-state index contributed by atoms with van der Waals surface area (Å²) in [5, 5.41) is 0. The summed E-state index contributed by atoms with van der Waals surface area (Å²) in [6, 6.07) is 4.61. The third kappa shape index (κ3) is 3.40. The van der Waals surface area contributed by atoms with Gasteiger partial charge in [0, 0.05) is 6.42 Å². The van der Waals surface area contributed by atoms with Gasteiger partial charge in [-0.25, -0.2) is 9.69 Å². The summed E-state index contributed by atoms with van der Waals surface area (Å²) >= 11 is 0. The van der Waals surface area contributed by atoms with Crippen LogP contribution < -0.4 is 0 Å². The average Bonchev–Trinajstić information content (AvgIpc) is 2.81. The number of carbonyl (C=O) groups is 2. The Labute approximate surface area is 125 Å². The molecule has 0 aromatic heterocycles. The van der Waals surface area contributed by atoms with E-state index < -0.39 is 30.5 Å². The number of amides is 2. The van der Waals surface area contributed by atoms with Gasteiger partial charge in [-0.05, 0) is 25.0 Å². The van der Waals surface area contributed by atoms with E-state index in [-0.39, 0.29) is 18.7 Å². The van der Waals surface area contributed by atoms with Crippen LogP contribution in [0.2, 0.25) is 0 Å². The molecule has 0 N–H and O–H groups in total. The number of ether oxygens (including phenoxy) is 1. The number of rotatable bonds is 3. The molecular weight excluding hydrogens is 299 g/mol. The highest BCUT2D eigenvalue weighted by Gasteiger charge is 2.44. The number of halogens is 3. The molecule has 22 heavy (non-hydrogen) atoms. The van der Waals surface area contributed by atoms with Crippen molar-refractivity contribution in [3.8, 4) is 0 Å². The fraction of sp³-hybridized carbons (Fsp3) is 0.467. The lowest BCUT2D eigenvalue weighted by Gasteiger charge is -2.23. The summed E-state index contributed by atoms with van der Waals surface area (Å²) in [5.74, 6) is -2.81. The van der Waals surface area contributed by atoms with Gasteiger partial charge in [-0.15, -0.1) is 0 Å². The number of benzene rings is 1. The van der Waals surface area contributed by atoms with Gasteiger partial charge in [0.2, 0.25) is 5.91 Å². The summed E-state index contributed by atoms with van der Waals surface area (Å²) in [6.45, 7) is 3.38. The third-order valence-corrected chi connectivity index (χ3v) is 3.64. The van der Waals surface area contributed by atoms with Crippen LogP contribution >= 0.6 is 0 Å². The Bertz CT molecular complexity index is 598. The van der Waals surface area contributed by atoms with Crippen molar-refractivity contribution in [1.82, 2.24) is 4.90 Å². The van der Waals surface area contributed by atoms with Crippen molar-refractivity contribution in [3.63, 3.8) is 0 Å². The zero-order chi connectivity index (χ0) is 16.5. The molecule has 1 aromatic rings. The third-order valence-electron chi connectivity index (χ3n) is 3.64. The number of hydrogen-bond donors (Lipinski definition) is 0. The lowest BCUT2D eigenvalue weighted by atomic mass is 9.90. The van der Waals surface area contributed by atoms with Gasteiger partial charge in [0.25, 0.3) is 0 Å². The minimum Gasteiger partial charge on any atom is -0.447 e. The van der Waals surface area contributed by atoms with Crippen LogP contribution in [0.1, 0.15) is 29.0 Å². The number of alkyl halides is 3. The molecule has 0 radical (unpaired) electrons. The smallest absolute Gasteiger partial charge is 0.416 e. The first kappa shape index (κ1) is 16.3. The van der Waals surface area contributed by atoms with Gasteiger partial charge in [-0.2, -0.15) is 13.2 Å². The van der Waals surface area contributed by atoms with E-state index in [0.29, 0.717) is 5.56 Å². The van der Waals surface area contributed by atoms with Crippen molar-refractivity contribution in [2.75, 3.05) is 13.2 Å². The van der Waals surface area contributed by atoms with Gasteiger partial charge in [0.15, 0.2) is 0 Å². The summed E-state index contributed by atoms with van der Waals surface area (Å²) in [6.07, 6.45) is -6.26. The molecule has 1 saturated heterocycles. The van der Waals surface area contributed by atoms with Crippen LogP contribution in [-0.2, 0) is 9.53 Å². The van der Waals surface area contributed by atoms with Crippen molar-refractivity contribution in [2.45, 2.75) is 32.4 Å². The van der Waals surface area contributed by atoms with Crippen LogP contribution in [0.4, 0.5) is 18.0 Å². The number of hydrogen-bond acceptors (Lipinski definition) is 3. The molecule has 0 spiro atoms. The van der Waals surface area contributed by atoms with Gasteiger partial charge in [0.05, 0.1) is 12.5 Å². The maximum atomic E-state index is 13.3. The molecule has 4 nitrogen and oxygen atoms in total. The fourth-order valence-corrected chi connectivity index (χ4v) is 2.52. The van der Waals surface area contributed by atoms with Gasteiger partial charge in [-0.1, -0.05) is 23.8 Å². The topological polar surface area (TPSA) is 46.6 Å². The zero-order valence-electron chi connectivity index (χ0n) is 12.2. The van der Waals surface area contributed by atoms with Crippen molar-refractivity contribution in [1.29, 1.82) is 0 Å². The summed E-state index contributed by atoms with van der Waals surface area (Å²) < 4.78 is 44.6. The van der Waals surface area contributed by atoms with Crippen LogP contribution in [0.25, 0.3) is 0 Å². The first-order valence-electron chi connectivity index (χ1n) is 6.81. The Kier molecular flexibility index (Phi) is 4.44. The zero-order valence-corrected chi connectivity index (χ0v) is 12.2. The summed E-state index contributed by atoms with van der Waals surface area (Å²) in [5.41, 5.74) is 1.37. The van der Waals surface area contributed by atoms with Crippen molar-refractivity contribution < 1.29 is 27.5 Å². The number of carbonyl (C=O) groups excluding carboxylic acids is 2. The molecule has 1 heterocycles. The highest BCUT2D eigenvalue weighted by molar-refractivity contribution is 5.93. The van der Waals surface area contributed by atoms with Crippen LogP contribution in [0, 0.1) is 13.8 Å². The van der Waals surface area contributed by atoms with Gasteiger partial charge in [-0.3, -0.25) is 4.79 Å². The van der Waals surface area contributed by atoms with Crippen LogP contribution in [0.5, 0.6) is 0 Å². The molecule has 2 rings (SSSR count). The van der Waals surface area contributed by atoms with Crippen LogP contribution in [0.15, 0.2) is 18.2 Å². The SMILES string of the molecule is Cc1ccc([C@H](CC(=O)N2CCOC2=O)C(F)(F)F)c(C)c1. The Balaban J connectivity index is 2.27. The predicted molar refractivity (Wildman–Crippen MR) is 72.4 cm³/mol. The number of nitrogens with zero attached hydrogens (tertiary/aromatic N) is 1. The molecule has 1 aromatic carbocycles. The Morgan fingerprint density at radius 3 is 2.55 bits per heavy atom. The fourth-order valence-electron chi connectivity index (χ4n) is 2.52. The van der Waals surface area contributed by atoms with Crippen molar-refractivity contribution >= 4 is 12.0 Å². The van der Waals surface area contributed by atoms with Crippen molar-refractivity contribution in [2.24, 2.45) is 0 Å². The maximum Gasteiger partial charge on any atom is 0.416 e. The molecule has 1 aliphatic heterocycles. The number of aryl methyl sites for hydroxylation is 2. The first-order valence-corrected chi connectivity index (χ1v) is 6.81. The molecule has 1 fully saturated rings. The van der Waals surface area contributed by atoms with E-state index in [1.165, 1.54) is 6.07 Å². The highest BCUT2D eigenvalue weighted by atomic mass is 19.4. The Morgan fingerprint density at radius 2 is 2.05 bits per heavy atom. The highest BCUT2D eigenvalue weighted by Crippen LogP contribution is 2.39. The van der Waals surface area contributed by atoms with E-state index in [1.807, 2.05) is 0 Å². The van der Waals surface area contributed by atoms with Crippen LogP contribution in [-0.4, -0.2) is 36.2 Å². The largest absolute Gasteiger partial charge is 0.447 e. The summed E-state index contributed by atoms with van der Waals surface area (Å²) in [4.78, 5) is 24.0. The van der Waals surface area contributed by atoms with Gasteiger partial charge >= 0.3 is 12.3 Å². The second-order valence-corrected chi connectivity index (χ2v) is 5.32. The molecule has 0 aliphatic carbocycles. The molecule has 1 atom stereocenters. The van der Waals surface area contributed by atoms with E-state index in [2.05, 4.69) is 4.74 Å². The molecular formula is C15H16F3NO3. The molecule has 0 bridgehead atoms. The number of cyclic esters (lactones) is 1. The molecule has 0 unspecified atom stereocenters. The maximum absolute atomic E-state index is 13.3. The Hall–Kier alpha value is -2.05. The van der Waals surface area contributed by atoms with Gasteiger partial charge in [0.1, 0.15) is 6.61 Å². The molecule has 120 valence electrons. The minimum absolute atomic E-state index is 0.00484. The van der Waals surface area contributed by atoms with Crippen LogP contribution in [0.3, 0.4) is 0 Å².